The van der Waals surface area contributed by atoms with Crippen LogP contribution in [0.4, 0.5) is 0 Å². The van der Waals surface area contributed by atoms with Crippen molar-refractivity contribution in [3.8, 4) is 0 Å². The number of hydrogen-bond acceptors (Lipinski definition) is 3. The van der Waals surface area contributed by atoms with Crippen LogP contribution in [0, 0.1) is 6.92 Å². The van der Waals surface area contributed by atoms with Crippen molar-refractivity contribution in [1.29, 1.82) is 0 Å². The number of rotatable bonds is 2. The number of benzene rings is 1. The van der Waals surface area contributed by atoms with Gasteiger partial charge in [-0.25, -0.2) is 4.99 Å². The molecule has 2 aliphatic rings. The molecule has 1 saturated heterocycles. The second-order valence-electron chi connectivity index (χ2n) is 5.44. The molecule has 0 aromatic heterocycles. The third-order valence-electron chi connectivity index (χ3n) is 3.13. The first-order chi connectivity index (χ1) is 8.05. The lowest BCUT2D eigenvalue weighted by molar-refractivity contribution is 0.266. The number of nitrogens with zero attached hydrogens (tertiary/aromatic N) is 1. The van der Waals surface area contributed by atoms with E-state index >= 15 is 0 Å². The summed E-state index contributed by atoms with van der Waals surface area (Å²) in [5.74, 6) is 0.764. The Morgan fingerprint density at radius 1 is 1.18 bits per heavy atom. The van der Waals surface area contributed by atoms with Crippen molar-refractivity contribution in [2.45, 2.75) is 38.5 Å². The first-order valence-corrected chi connectivity index (χ1v) is 6.00. The summed E-state index contributed by atoms with van der Waals surface area (Å²) in [6, 6.07) is 8.44. The molecule has 0 amide bonds. The van der Waals surface area contributed by atoms with E-state index in [0.29, 0.717) is 6.61 Å². The molecule has 3 rings (SSSR count). The number of aliphatic imine (C=N–C) groups is 1. The predicted octanol–water partition coefficient (Wildman–Crippen LogP) is 2.64. The summed E-state index contributed by atoms with van der Waals surface area (Å²) in [6.45, 7) is 6.89. The highest BCUT2D eigenvalue weighted by atomic mass is 16.6. The van der Waals surface area contributed by atoms with Gasteiger partial charge in [0.2, 0.25) is 5.90 Å². The number of ether oxygens (including phenoxy) is 2. The smallest absolute Gasteiger partial charge is 0.217 e. The standard InChI is InChI=1S/C14H17NO2/c1-9-4-6-10(7-5-9)11-12(17-11)13-15-14(2,3)8-16-13/h4-7,11-12H,8H2,1-3H3/t11-,12?/m0/s1. The highest BCUT2D eigenvalue weighted by molar-refractivity contribution is 5.85. The van der Waals surface area contributed by atoms with Gasteiger partial charge in [-0.1, -0.05) is 29.8 Å². The summed E-state index contributed by atoms with van der Waals surface area (Å²) in [6.07, 6.45) is 0.155. The molecule has 2 atom stereocenters. The van der Waals surface area contributed by atoms with Crippen LogP contribution >= 0.6 is 0 Å². The van der Waals surface area contributed by atoms with Gasteiger partial charge in [-0.15, -0.1) is 0 Å². The maximum atomic E-state index is 5.66. The number of epoxide rings is 1. The van der Waals surface area contributed by atoms with Gasteiger partial charge in [0.05, 0.1) is 5.54 Å². The Labute approximate surface area is 101 Å². The summed E-state index contributed by atoms with van der Waals surface area (Å²) in [7, 11) is 0. The van der Waals surface area contributed by atoms with E-state index < -0.39 is 0 Å². The quantitative estimate of drug-likeness (QED) is 0.733. The lowest BCUT2D eigenvalue weighted by Crippen LogP contribution is -2.17. The molecule has 3 nitrogen and oxygen atoms in total. The molecule has 3 heteroatoms. The van der Waals surface area contributed by atoms with E-state index in [1.165, 1.54) is 11.1 Å². The Kier molecular flexibility index (Phi) is 2.26. The monoisotopic (exact) mass is 231 g/mol. The molecular formula is C14H17NO2. The molecule has 0 aliphatic carbocycles. The average molecular weight is 231 g/mol. The Morgan fingerprint density at radius 3 is 2.47 bits per heavy atom. The van der Waals surface area contributed by atoms with E-state index in [2.05, 4.69) is 50.0 Å². The molecule has 2 aliphatic heterocycles. The molecule has 0 spiro atoms. The summed E-state index contributed by atoms with van der Waals surface area (Å²) in [5.41, 5.74) is 2.37. The number of aryl methyl sites for hydroxylation is 1. The summed E-state index contributed by atoms with van der Waals surface area (Å²) in [5, 5.41) is 0. The first kappa shape index (κ1) is 10.8. The Bertz CT molecular complexity index is 462. The molecule has 0 N–H and O–H groups in total. The van der Waals surface area contributed by atoms with Gasteiger partial charge in [-0.2, -0.15) is 0 Å². The van der Waals surface area contributed by atoms with Crippen molar-refractivity contribution < 1.29 is 9.47 Å². The zero-order valence-electron chi connectivity index (χ0n) is 10.4. The average Bonchev–Trinajstić information content (AvgIpc) is 2.98. The fraction of sp³-hybridized carbons (Fsp3) is 0.500. The van der Waals surface area contributed by atoms with Crippen LogP contribution in [0.3, 0.4) is 0 Å². The van der Waals surface area contributed by atoms with Crippen molar-refractivity contribution >= 4 is 5.90 Å². The zero-order valence-corrected chi connectivity index (χ0v) is 10.4. The fourth-order valence-electron chi connectivity index (χ4n) is 2.07. The van der Waals surface area contributed by atoms with Crippen LogP contribution in [0.1, 0.15) is 31.1 Å². The molecule has 0 saturated carbocycles. The van der Waals surface area contributed by atoms with Crippen LogP contribution in [0.25, 0.3) is 0 Å². The van der Waals surface area contributed by atoms with Crippen LogP contribution in [0.5, 0.6) is 0 Å². The maximum Gasteiger partial charge on any atom is 0.217 e. The molecule has 1 aromatic carbocycles. The van der Waals surface area contributed by atoms with Crippen LogP contribution in [0.2, 0.25) is 0 Å². The van der Waals surface area contributed by atoms with Crippen molar-refractivity contribution in [2.24, 2.45) is 4.99 Å². The van der Waals surface area contributed by atoms with E-state index in [-0.39, 0.29) is 17.7 Å². The minimum atomic E-state index is -0.0981. The lowest BCUT2D eigenvalue weighted by atomic mass is 10.1. The molecule has 0 bridgehead atoms. The maximum absolute atomic E-state index is 5.66. The third-order valence-corrected chi connectivity index (χ3v) is 3.13. The van der Waals surface area contributed by atoms with E-state index in [1.807, 2.05) is 0 Å². The summed E-state index contributed by atoms with van der Waals surface area (Å²) >= 11 is 0. The largest absolute Gasteiger partial charge is 0.476 e. The van der Waals surface area contributed by atoms with Crippen molar-refractivity contribution in [1.82, 2.24) is 0 Å². The van der Waals surface area contributed by atoms with Crippen molar-refractivity contribution in [2.75, 3.05) is 6.61 Å². The van der Waals surface area contributed by atoms with Crippen LogP contribution in [-0.4, -0.2) is 24.1 Å². The van der Waals surface area contributed by atoms with E-state index in [0.717, 1.165) is 5.90 Å². The van der Waals surface area contributed by atoms with Gasteiger partial charge in [0.1, 0.15) is 12.7 Å². The topological polar surface area (TPSA) is 34.1 Å². The second kappa shape index (κ2) is 3.57. The molecule has 90 valence electrons. The van der Waals surface area contributed by atoms with Gasteiger partial charge in [-0.05, 0) is 26.3 Å². The highest BCUT2D eigenvalue weighted by Crippen LogP contribution is 2.41. The second-order valence-corrected chi connectivity index (χ2v) is 5.44. The van der Waals surface area contributed by atoms with Crippen LogP contribution < -0.4 is 0 Å². The first-order valence-electron chi connectivity index (χ1n) is 6.00. The Hall–Kier alpha value is -1.35. The minimum Gasteiger partial charge on any atom is -0.476 e. The highest BCUT2D eigenvalue weighted by Gasteiger charge is 2.48. The van der Waals surface area contributed by atoms with Crippen molar-refractivity contribution in [3.63, 3.8) is 0 Å². The van der Waals surface area contributed by atoms with Gasteiger partial charge in [0, 0.05) is 0 Å². The zero-order chi connectivity index (χ0) is 12.0. The number of hydrogen-bond donors (Lipinski definition) is 0. The predicted molar refractivity (Wildman–Crippen MR) is 66.3 cm³/mol. The van der Waals surface area contributed by atoms with Gasteiger partial charge < -0.3 is 9.47 Å². The molecule has 2 heterocycles. The van der Waals surface area contributed by atoms with Gasteiger partial charge in [0.25, 0.3) is 0 Å². The molecule has 1 unspecified atom stereocenters. The normalized spacial score (nSPS) is 29.7. The Balaban J connectivity index is 1.73. The van der Waals surface area contributed by atoms with E-state index in [4.69, 9.17) is 9.47 Å². The SMILES string of the molecule is Cc1ccc([C@@H]2OC2C2=NC(C)(C)CO2)cc1. The van der Waals surface area contributed by atoms with Gasteiger partial charge >= 0.3 is 0 Å². The molecule has 1 fully saturated rings. The summed E-state index contributed by atoms with van der Waals surface area (Å²) < 4.78 is 11.3. The molecule has 0 radical (unpaired) electrons. The molecule has 17 heavy (non-hydrogen) atoms. The van der Waals surface area contributed by atoms with Gasteiger partial charge in [-0.3, -0.25) is 0 Å². The van der Waals surface area contributed by atoms with Crippen molar-refractivity contribution in [3.05, 3.63) is 35.4 Å². The fourth-order valence-corrected chi connectivity index (χ4v) is 2.07. The Morgan fingerprint density at radius 2 is 1.88 bits per heavy atom. The van der Waals surface area contributed by atoms with E-state index in [9.17, 15) is 0 Å². The lowest BCUT2D eigenvalue weighted by Gasteiger charge is -2.07. The van der Waals surface area contributed by atoms with Crippen LogP contribution in [0.15, 0.2) is 29.3 Å². The minimum absolute atomic E-state index is 0.0273. The van der Waals surface area contributed by atoms with E-state index in [1.54, 1.807) is 0 Å². The van der Waals surface area contributed by atoms with Crippen LogP contribution in [-0.2, 0) is 9.47 Å². The molecule has 1 aromatic rings. The third kappa shape index (κ3) is 2.07. The molecular weight excluding hydrogens is 214 g/mol. The van der Waals surface area contributed by atoms with Gasteiger partial charge in [0.15, 0.2) is 6.10 Å². The summed E-state index contributed by atoms with van der Waals surface area (Å²) in [4.78, 5) is 4.55.